The minimum Gasteiger partial charge on any atom is -0.478 e. The van der Waals surface area contributed by atoms with Gasteiger partial charge in [-0.3, -0.25) is 0 Å². The molecule has 3 heterocycles. The Hall–Kier alpha value is -3.80. The number of aromatic nitrogens is 2. The number of carbonyl (C=O) groups is 2. The van der Waals surface area contributed by atoms with Gasteiger partial charge in [0.15, 0.2) is 9.84 Å². The molecule has 2 fully saturated rings. The molecule has 0 radical (unpaired) electrons. The molecule has 3 aromatic rings. The minimum atomic E-state index is -3.24. The topological polar surface area (TPSA) is 125 Å². The Morgan fingerprint density at radius 2 is 1.61 bits per heavy atom. The number of amides is 1. The minimum absolute atomic E-state index is 0.00309. The number of sulfone groups is 1. The van der Waals surface area contributed by atoms with E-state index in [1.807, 2.05) is 49.6 Å². The molecule has 0 bridgehead atoms. The maximum absolute atomic E-state index is 12.5. The highest BCUT2D eigenvalue weighted by Gasteiger charge is 2.38. The molecule has 0 spiro atoms. The molecule has 1 aliphatic carbocycles. The summed E-state index contributed by atoms with van der Waals surface area (Å²) in [6.07, 6.45) is 3.86. The molecule has 2 aliphatic rings. The van der Waals surface area contributed by atoms with Gasteiger partial charge < -0.3 is 29.1 Å². The number of hydrogen-bond acceptors (Lipinski definition) is 8. The molecule has 1 aromatic carbocycles. The number of fused-ring (bicyclic) bond motifs is 1. The number of nitrogens with zero attached hydrogens (tertiary/aromatic N) is 5. The molecule has 1 saturated heterocycles. The predicted molar refractivity (Wildman–Crippen MR) is 157 cm³/mol. The normalized spacial score (nSPS) is 19.6. The highest BCUT2D eigenvalue weighted by atomic mass is 32.2. The van der Waals surface area contributed by atoms with Gasteiger partial charge in [-0.1, -0.05) is 0 Å². The summed E-state index contributed by atoms with van der Waals surface area (Å²) in [5, 5.41) is 10.4. The Balaban J connectivity index is 1.30. The second-order valence-corrected chi connectivity index (χ2v) is 13.9. The van der Waals surface area contributed by atoms with Crippen molar-refractivity contribution in [2.45, 2.75) is 56.2 Å². The standard InChI is InChI=1S/C29H37N5O6S/c1-29(2,3)40-28(37)31(4)20-16-21(17-20)34-18-24(27(35)36)23-10-11-25(30-26(23)34)33-14-12-32(13-15-33)19-6-8-22(9-7-19)41(5,38)39/h6-11,18,20-21H,12-17H2,1-5H3,(H,35,36). The third-order valence-corrected chi connectivity index (χ3v) is 8.97. The number of hydrogen-bond donors (Lipinski definition) is 1. The van der Waals surface area contributed by atoms with Crippen molar-refractivity contribution < 1.29 is 27.9 Å². The highest BCUT2D eigenvalue weighted by molar-refractivity contribution is 7.90. The maximum atomic E-state index is 12.5. The zero-order valence-corrected chi connectivity index (χ0v) is 24.9. The fourth-order valence-electron chi connectivity index (χ4n) is 5.42. The molecule has 41 heavy (non-hydrogen) atoms. The van der Waals surface area contributed by atoms with Crippen LogP contribution in [0.2, 0.25) is 0 Å². The first-order valence-electron chi connectivity index (χ1n) is 13.7. The van der Waals surface area contributed by atoms with Crippen molar-refractivity contribution in [3.8, 4) is 0 Å². The van der Waals surface area contributed by atoms with Crippen LogP contribution in [0.5, 0.6) is 0 Å². The average Bonchev–Trinajstić information content (AvgIpc) is 3.25. The Morgan fingerprint density at radius 3 is 2.17 bits per heavy atom. The number of anilines is 2. The van der Waals surface area contributed by atoms with E-state index in [0.29, 0.717) is 41.9 Å². The van der Waals surface area contributed by atoms with Crippen LogP contribution in [0, 0.1) is 0 Å². The van der Waals surface area contributed by atoms with E-state index >= 15 is 0 Å². The summed E-state index contributed by atoms with van der Waals surface area (Å²) in [7, 11) is -1.50. The van der Waals surface area contributed by atoms with Crippen LogP contribution in [0.3, 0.4) is 0 Å². The molecule has 220 valence electrons. The van der Waals surface area contributed by atoms with E-state index in [9.17, 15) is 23.1 Å². The zero-order valence-electron chi connectivity index (χ0n) is 24.1. The number of aromatic carboxylic acids is 1. The molecule has 2 aromatic heterocycles. The van der Waals surface area contributed by atoms with Gasteiger partial charge in [0, 0.05) is 68.8 Å². The van der Waals surface area contributed by atoms with Gasteiger partial charge >= 0.3 is 12.1 Å². The molecule has 5 rings (SSSR count). The van der Waals surface area contributed by atoms with Gasteiger partial charge in [0.2, 0.25) is 0 Å². The average molecular weight is 584 g/mol. The van der Waals surface area contributed by atoms with E-state index in [-0.39, 0.29) is 23.7 Å². The SMILES string of the molecule is CN(C(=O)OC(C)(C)C)C1CC(n2cc(C(=O)O)c3ccc(N4CCN(c5ccc(S(C)(=O)=O)cc5)CC4)nc32)C1. The van der Waals surface area contributed by atoms with Crippen LogP contribution in [0.25, 0.3) is 11.0 Å². The molecule has 0 unspecified atom stereocenters. The number of pyridine rings is 1. The first-order chi connectivity index (χ1) is 19.2. The number of ether oxygens (including phenoxy) is 1. The number of carbonyl (C=O) groups excluding carboxylic acids is 1. The van der Waals surface area contributed by atoms with Gasteiger partial charge in [-0.2, -0.15) is 0 Å². The van der Waals surface area contributed by atoms with E-state index in [1.165, 1.54) is 6.26 Å². The van der Waals surface area contributed by atoms with Gasteiger partial charge in [-0.25, -0.2) is 23.0 Å². The molecule has 12 heteroatoms. The number of carboxylic acids is 1. The molecule has 1 N–H and O–H groups in total. The Bertz CT molecular complexity index is 1560. The van der Waals surface area contributed by atoms with Crippen LogP contribution in [0.1, 0.15) is 50.0 Å². The smallest absolute Gasteiger partial charge is 0.410 e. The van der Waals surface area contributed by atoms with Gasteiger partial charge in [-0.15, -0.1) is 0 Å². The third-order valence-electron chi connectivity index (χ3n) is 7.84. The highest BCUT2D eigenvalue weighted by Crippen LogP contribution is 2.39. The maximum Gasteiger partial charge on any atom is 0.410 e. The summed E-state index contributed by atoms with van der Waals surface area (Å²) in [5.74, 6) is -0.219. The van der Waals surface area contributed by atoms with Gasteiger partial charge in [0.1, 0.15) is 17.1 Å². The van der Waals surface area contributed by atoms with Crippen molar-refractivity contribution in [1.82, 2.24) is 14.5 Å². The van der Waals surface area contributed by atoms with Crippen LogP contribution >= 0.6 is 0 Å². The summed E-state index contributed by atoms with van der Waals surface area (Å²) in [6, 6.07) is 10.7. The summed E-state index contributed by atoms with van der Waals surface area (Å²) < 4.78 is 31.0. The third kappa shape index (κ3) is 5.97. The first kappa shape index (κ1) is 28.7. The number of carboxylic acid groups (broad SMARTS) is 1. The molecule has 1 amide bonds. The van der Waals surface area contributed by atoms with E-state index < -0.39 is 21.4 Å². The monoisotopic (exact) mass is 583 g/mol. The van der Waals surface area contributed by atoms with Crippen LogP contribution in [-0.2, 0) is 14.6 Å². The molecular formula is C29H37N5O6S. The number of benzene rings is 1. The molecule has 11 nitrogen and oxygen atoms in total. The van der Waals surface area contributed by atoms with Crippen molar-refractivity contribution in [1.29, 1.82) is 0 Å². The number of piperazine rings is 1. The van der Waals surface area contributed by atoms with Gasteiger partial charge in [0.05, 0.1) is 10.5 Å². The van der Waals surface area contributed by atoms with Crippen molar-refractivity contribution in [3.63, 3.8) is 0 Å². The quantitative estimate of drug-likeness (QED) is 0.458. The van der Waals surface area contributed by atoms with E-state index in [0.717, 1.165) is 24.6 Å². The summed E-state index contributed by atoms with van der Waals surface area (Å²) in [5.41, 5.74) is 1.24. The summed E-state index contributed by atoms with van der Waals surface area (Å²) in [6.45, 7) is 8.41. The van der Waals surface area contributed by atoms with Gasteiger partial charge in [-0.05, 0) is 70.0 Å². The van der Waals surface area contributed by atoms with Crippen LogP contribution in [0.4, 0.5) is 16.3 Å². The van der Waals surface area contributed by atoms with Crippen LogP contribution in [-0.4, -0.2) is 91.2 Å². The van der Waals surface area contributed by atoms with Crippen molar-refractivity contribution in [2.75, 3.05) is 49.3 Å². The molecule has 1 saturated carbocycles. The lowest BCUT2D eigenvalue weighted by atomic mass is 9.85. The van der Waals surface area contributed by atoms with E-state index in [1.54, 1.807) is 30.3 Å². The van der Waals surface area contributed by atoms with Crippen LogP contribution in [0.15, 0.2) is 47.5 Å². The molecular weight excluding hydrogens is 546 g/mol. The number of rotatable bonds is 6. The van der Waals surface area contributed by atoms with E-state index in [2.05, 4.69) is 9.80 Å². The van der Waals surface area contributed by atoms with Crippen molar-refractivity contribution >= 4 is 44.4 Å². The van der Waals surface area contributed by atoms with Crippen molar-refractivity contribution in [2.24, 2.45) is 0 Å². The second-order valence-electron chi connectivity index (χ2n) is 11.9. The fraction of sp³-hybridized carbons (Fsp3) is 0.483. The Kier molecular flexibility index (Phi) is 7.39. The lowest BCUT2D eigenvalue weighted by Crippen LogP contribution is -2.47. The van der Waals surface area contributed by atoms with Crippen LogP contribution < -0.4 is 9.80 Å². The predicted octanol–water partition coefficient (Wildman–Crippen LogP) is 4.04. The lowest BCUT2D eigenvalue weighted by molar-refractivity contribution is 0.00809. The summed E-state index contributed by atoms with van der Waals surface area (Å²) >= 11 is 0. The molecule has 0 atom stereocenters. The Morgan fingerprint density at radius 1 is 1.00 bits per heavy atom. The summed E-state index contributed by atoms with van der Waals surface area (Å²) in [4.78, 5) is 35.8. The zero-order chi connectivity index (χ0) is 29.7. The fourth-order valence-corrected chi connectivity index (χ4v) is 6.05. The van der Waals surface area contributed by atoms with E-state index in [4.69, 9.17) is 9.72 Å². The Labute approximate surface area is 240 Å². The lowest BCUT2D eigenvalue weighted by Gasteiger charge is -2.42. The molecule has 1 aliphatic heterocycles. The van der Waals surface area contributed by atoms with Crippen molar-refractivity contribution in [3.05, 3.63) is 48.2 Å². The van der Waals surface area contributed by atoms with Gasteiger partial charge in [0.25, 0.3) is 0 Å². The first-order valence-corrected chi connectivity index (χ1v) is 15.6. The largest absolute Gasteiger partial charge is 0.478 e. The second kappa shape index (κ2) is 10.6.